The molecule has 0 aliphatic carbocycles. The van der Waals surface area contributed by atoms with Crippen molar-refractivity contribution in [2.24, 2.45) is 0 Å². The number of rotatable bonds is 3. The van der Waals surface area contributed by atoms with Crippen molar-refractivity contribution in [3.63, 3.8) is 0 Å². The van der Waals surface area contributed by atoms with Gasteiger partial charge in [-0.15, -0.1) is 0 Å². The van der Waals surface area contributed by atoms with Crippen molar-refractivity contribution in [2.75, 3.05) is 7.05 Å². The zero-order valence-electron chi connectivity index (χ0n) is 9.54. The number of hydrogen-bond donors (Lipinski definition) is 1. The van der Waals surface area contributed by atoms with Gasteiger partial charge in [-0.25, -0.2) is 4.79 Å². The van der Waals surface area contributed by atoms with Gasteiger partial charge in [0.05, 0.1) is 11.6 Å². The third-order valence-corrected chi connectivity index (χ3v) is 2.52. The van der Waals surface area contributed by atoms with Crippen LogP contribution in [0, 0.1) is 11.3 Å². The first-order valence-electron chi connectivity index (χ1n) is 4.97. The summed E-state index contributed by atoms with van der Waals surface area (Å²) in [5, 5.41) is 17.4. The van der Waals surface area contributed by atoms with Gasteiger partial charge in [0.1, 0.15) is 6.04 Å². The number of carbonyl (C=O) groups is 2. The summed E-state index contributed by atoms with van der Waals surface area (Å²) in [7, 11) is 1.43. The third-order valence-electron chi connectivity index (χ3n) is 2.52. The van der Waals surface area contributed by atoms with E-state index >= 15 is 0 Å². The Labute approximate surface area is 98.9 Å². The van der Waals surface area contributed by atoms with Crippen LogP contribution in [0.15, 0.2) is 24.3 Å². The zero-order chi connectivity index (χ0) is 13.0. The van der Waals surface area contributed by atoms with Gasteiger partial charge >= 0.3 is 5.97 Å². The third kappa shape index (κ3) is 2.82. The Morgan fingerprint density at radius 2 is 1.88 bits per heavy atom. The summed E-state index contributed by atoms with van der Waals surface area (Å²) in [5.41, 5.74) is 0.815. The predicted molar refractivity (Wildman–Crippen MR) is 60.3 cm³/mol. The van der Waals surface area contributed by atoms with E-state index in [0.717, 1.165) is 4.90 Å². The van der Waals surface area contributed by atoms with E-state index in [0.29, 0.717) is 11.1 Å². The van der Waals surface area contributed by atoms with E-state index in [1.54, 1.807) is 0 Å². The Balaban J connectivity index is 2.89. The van der Waals surface area contributed by atoms with Crippen molar-refractivity contribution in [1.29, 1.82) is 5.26 Å². The fourth-order valence-electron chi connectivity index (χ4n) is 1.23. The van der Waals surface area contributed by atoms with E-state index in [2.05, 4.69) is 0 Å². The van der Waals surface area contributed by atoms with Crippen molar-refractivity contribution in [3.05, 3.63) is 35.4 Å². The average Bonchev–Trinajstić information content (AvgIpc) is 2.36. The molecule has 88 valence electrons. The van der Waals surface area contributed by atoms with Crippen LogP contribution in [0.5, 0.6) is 0 Å². The Kier molecular flexibility index (Phi) is 3.83. The summed E-state index contributed by atoms with van der Waals surface area (Å²) < 4.78 is 0. The molecule has 0 saturated carbocycles. The van der Waals surface area contributed by atoms with Crippen LogP contribution >= 0.6 is 0 Å². The molecule has 1 N–H and O–H groups in total. The SMILES string of the molecule is CC(C(=O)O)N(C)C(=O)c1ccc(C#N)cc1. The molecular weight excluding hydrogens is 220 g/mol. The first kappa shape index (κ1) is 12.7. The number of benzene rings is 1. The first-order chi connectivity index (χ1) is 7.97. The van der Waals surface area contributed by atoms with Crippen molar-refractivity contribution in [3.8, 4) is 6.07 Å². The maximum Gasteiger partial charge on any atom is 0.326 e. The highest BCUT2D eigenvalue weighted by Crippen LogP contribution is 2.08. The molecule has 0 bridgehead atoms. The largest absolute Gasteiger partial charge is 0.480 e. The molecule has 0 fully saturated rings. The number of carbonyl (C=O) groups excluding carboxylic acids is 1. The number of carboxylic acid groups (broad SMARTS) is 1. The second-order valence-electron chi connectivity index (χ2n) is 3.62. The van der Waals surface area contributed by atoms with E-state index in [1.807, 2.05) is 6.07 Å². The molecule has 1 amide bonds. The quantitative estimate of drug-likeness (QED) is 0.846. The van der Waals surface area contributed by atoms with Crippen LogP contribution in [0.25, 0.3) is 0 Å². The molecule has 5 heteroatoms. The van der Waals surface area contributed by atoms with Crippen molar-refractivity contribution < 1.29 is 14.7 Å². The minimum Gasteiger partial charge on any atom is -0.480 e. The van der Waals surface area contributed by atoms with E-state index in [9.17, 15) is 9.59 Å². The standard InChI is InChI=1S/C12H12N2O3/c1-8(12(16)17)14(2)11(15)10-5-3-9(7-13)4-6-10/h3-6,8H,1-2H3,(H,16,17). The Morgan fingerprint density at radius 3 is 2.29 bits per heavy atom. The summed E-state index contributed by atoms with van der Waals surface area (Å²) in [6, 6.07) is 7.11. The topological polar surface area (TPSA) is 81.4 Å². The molecule has 17 heavy (non-hydrogen) atoms. The number of nitrogens with zero attached hydrogens (tertiary/aromatic N) is 2. The lowest BCUT2D eigenvalue weighted by molar-refractivity contribution is -0.141. The molecule has 1 unspecified atom stereocenters. The van der Waals surface area contributed by atoms with E-state index in [1.165, 1.54) is 38.2 Å². The minimum atomic E-state index is -1.06. The monoisotopic (exact) mass is 232 g/mol. The molecule has 1 aromatic rings. The molecule has 0 saturated heterocycles. The Morgan fingerprint density at radius 1 is 1.35 bits per heavy atom. The van der Waals surface area contributed by atoms with Crippen molar-refractivity contribution >= 4 is 11.9 Å². The van der Waals surface area contributed by atoms with Crippen LogP contribution < -0.4 is 0 Å². The van der Waals surface area contributed by atoms with Gasteiger partial charge in [-0.1, -0.05) is 0 Å². The van der Waals surface area contributed by atoms with Gasteiger partial charge < -0.3 is 10.0 Å². The maximum absolute atomic E-state index is 11.9. The normalized spacial score (nSPS) is 11.4. The summed E-state index contributed by atoms with van der Waals surface area (Å²) in [6.07, 6.45) is 0. The molecule has 5 nitrogen and oxygen atoms in total. The molecule has 0 radical (unpaired) electrons. The summed E-state index contributed by atoms with van der Waals surface area (Å²) >= 11 is 0. The number of aliphatic carboxylic acids is 1. The van der Waals surface area contributed by atoms with Gasteiger partial charge in [-0.05, 0) is 31.2 Å². The summed E-state index contributed by atoms with van der Waals surface area (Å²) in [4.78, 5) is 23.8. The van der Waals surface area contributed by atoms with Gasteiger partial charge in [0.2, 0.25) is 0 Å². The number of hydrogen-bond acceptors (Lipinski definition) is 3. The van der Waals surface area contributed by atoms with Gasteiger partial charge in [0.15, 0.2) is 0 Å². The molecule has 0 aliphatic rings. The predicted octanol–water partition coefficient (Wildman–Crippen LogP) is 1.10. The number of nitriles is 1. The fourth-order valence-corrected chi connectivity index (χ4v) is 1.23. The highest BCUT2D eigenvalue weighted by molar-refractivity contribution is 5.96. The fraction of sp³-hybridized carbons (Fsp3) is 0.250. The second kappa shape index (κ2) is 5.12. The number of likely N-dealkylation sites (N-methyl/N-ethyl adjacent to an activating group) is 1. The minimum absolute atomic E-state index is 0.361. The molecular formula is C12H12N2O3. The lowest BCUT2D eigenvalue weighted by Gasteiger charge is -2.21. The average molecular weight is 232 g/mol. The maximum atomic E-state index is 11.9. The van der Waals surface area contributed by atoms with Crippen LogP contribution in [0.4, 0.5) is 0 Å². The lowest BCUT2D eigenvalue weighted by Crippen LogP contribution is -2.40. The molecule has 0 spiro atoms. The van der Waals surface area contributed by atoms with Crippen LogP contribution in [-0.2, 0) is 4.79 Å². The lowest BCUT2D eigenvalue weighted by atomic mass is 10.1. The van der Waals surface area contributed by atoms with Crippen molar-refractivity contribution in [1.82, 2.24) is 4.90 Å². The summed E-state index contributed by atoms with van der Waals surface area (Å²) in [6.45, 7) is 1.43. The molecule has 1 aromatic carbocycles. The molecule has 0 aromatic heterocycles. The van der Waals surface area contributed by atoms with Crippen LogP contribution in [0.2, 0.25) is 0 Å². The molecule has 1 atom stereocenters. The Bertz CT molecular complexity index is 474. The Hall–Kier alpha value is -2.35. The van der Waals surface area contributed by atoms with Gasteiger partial charge in [-0.2, -0.15) is 5.26 Å². The van der Waals surface area contributed by atoms with E-state index < -0.39 is 12.0 Å². The second-order valence-corrected chi connectivity index (χ2v) is 3.62. The van der Waals surface area contributed by atoms with Crippen LogP contribution in [0.3, 0.4) is 0 Å². The van der Waals surface area contributed by atoms with Crippen LogP contribution in [-0.4, -0.2) is 35.0 Å². The number of carboxylic acids is 1. The highest BCUT2D eigenvalue weighted by Gasteiger charge is 2.22. The molecule has 0 heterocycles. The van der Waals surface area contributed by atoms with E-state index in [4.69, 9.17) is 10.4 Å². The van der Waals surface area contributed by atoms with Gasteiger partial charge in [0.25, 0.3) is 5.91 Å². The van der Waals surface area contributed by atoms with E-state index in [-0.39, 0.29) is 5.91 Å². The first-order valence-corrected chi connectivity index (χ1v) is 4.97. The number of amides is 1. The van der Waals surface area contributed by atoms with Crippen LogP contribution in [0.1, 0.15) is 22.8 Å². The molecule has 1 rings (SSSR count). The zero-order valence-corrected chi connectivity index (χ0v) is 9.54. The smallest absolute Gasteiger partial charge is 0.326 e. The molecule has 0 aliphatic heterocycles. The highest BCUT2D eigenvalue weighted by atomic mass is 16.4. The summed E-state index contributed by atoms with van der Waals surface area (Å²) in [5.74, 6) is -1.45. The van der Waals surface area contributed by atoms with Gasteiger partial charge in [0, 0.05) is 12.6 Å². The van der Waals surface area contributed by atoms with Crippen molar-refractivity contribution in [2.45, 2.75) is 13.0 Å². The van der Waals surface area contributed by atoms with Gasteiger partial charge in [-0.3, -0.25) is 4.79 Å².